The van der Waals surface area contributed by atoms with Crippen LogP contribution in [-0.4, -0.2) is 40.8 Å². The number of amides is 1. The van der Waals surface area contributed by atoms with Crippen LogP contribution in [0, 0.1) is 6.92 Å². The summed E-state index contributed by atoms with van der Waals surface area (Å²) in [6.45, 7) is 7.45. The Kier molecular flexibility index (Phi) is 5.32. The van der Waals surface area contributed by atoms with E-state index in [4.69, 9.17) is 4.98 Å². The number of aromatic nitrogens is 3. The third-order valence-corrected chi connectivity index (χ3v) is 4.38. The van der Waals surface area contributed by atoms with Crippen LogP contribution in [0.15, 0.2) is 36.5 Å². The number of hydrogen-bond donors (Lipinski definition) is 2. The highest BCUT2D eigenvalue weighted by molar-refractivity contribution is 6.06. The van der Waals surface area contributed by atoms with E-state index >= 15 is 0 Å². The predicted molar refractivity (Wildman–Crippen MR) is 104 cm³/mol. The summed E-state index contributed by atoms with van der Waals surface area (Å²) in [7, 11) is 1.86. The molecular weight excluding hydrogens is 326 g/mol. The lowest BCUT2D eigenvalue weighted by atomic mass is 10.0. The number of rotatable bonds is 6. The van der Waals surface area contributed by atoms with Gasteiger partial charge in [-0.3, -0.25) is 4.79 Å². The maximum atomic E-state index is 12.8. The minimum absolute atomic E-state index is 0.106. The van der Waals surface area contributed by atoms with Gasteiger partial charge in [0.25, 0.3) is 5.91 Å². The predicted octanol–water partition coefficient (Wildman–Crippen LogP) is 2.94. The van der Waals surface area contributed by atoms with E-state index in [1.165, 1.54) is 0 Å². The van der Waals surface area contributed by atoms with Gasteiger partial charge in [-0.25, -0.2) is 9.67 Å². The molecule has 2 aromatic heterocycles. The zero-order chi connectivity index (χ0) is 18.7. The summed E-state index contributed by atoms with van der Waals surface area (Å²) in [5.41, 5.74) is 4.28. The summed E-state index contributed by atoms with van der Waals surface area (Å²) >= 11 is 0. The molecule has 0 unspecified atom stereocenters. The van der Waals surface area contributed by atoms with Crippen LogP contribution >= 0.6 is 0 Å². The molecule has 0 radical (unpaired) electrons. The van der Waals surface area contributed by atoms with Gasteiger partial charge in [0.2, 0.25) is 0 Å². The van der Waals surface area contributed by atoms with E-state index in [0.717, 1.165) is 34.4 Å². The molecule has 26 heavy (non-hydrogen) atoms. The van der Waals surface area contributed by atoms with Crippen LogP contribution in [-0.2, 0) is 0 Å². The third kappa shape index (κ3) is 3.46. The van der Waals surface area contributed by atoms with Gasteiger partial charge in [-0.05, 0) is 39.4 Å². The lowest BCUT2D eigenvalue weighted by Gasteiger charge is -2.12. The van der Waals surface area contributed by atoms with E-state index in [9.17, 15) is 4.79 Å². The molecule has 136 valence electrons. The summed E-state index contributed by atoms with van der Waals surface area (Å²) in [6, 6.07) is 10.1. The largest absolute Gasteiger partial charge is 0.351 e. The van der Waals surface area contributed by atoms with Crippen molar-refractivity contribution in [2.45, 2.75) is 26.8 Å². The monoisotopic (exact) mass is 351 g/mol. The van der Waals surface area contributed by atoms with Crippen LogP contribution in [0.2, 0.25) is 0 Å². The summed E-state index contributed by atoms with van der Waals surface area (Å²) in [5.74, 6) is -0.106. The topological polar surface area (TPSA) is 71.8 Å². The first-order chi connectivity index (χ1) is 12.5. The van der Waals surface area contributed by atoms with Gasteiger partial charge < -0.3 is 10.6 Å². The second kappa shape index (κ2) is 7.66. The zero-order valence-electron chi connectivity index (χ0n) is 15.7. The Bertz CT molecular complexity index is 929. The van der Waals surface area contributed by atoms with Gasteiger partial charge in [0.15, 0.2) is 5.65 Å². The molecule has 2 heterocycles. The van der Waals surface area contributed by atoms with E-state index in [1.54, 1.807) is 6.20 Å². The SMILES string of the molecule is CNCCNC(=O)c1cc(-c2ccccc2C)nc2c1cnn2C(C)C. The lowest BCUT2D eigenvalue weighted by Crippen LogP contribution is -2.30. The maximum Gasteiger partial charge on any atom is 0.252 e. The van der Waals surface area contributed by atoms with Crippen molar-refractivity contribution in [2.75, 3.05) is 20.1 Å². The molecule has 1 aromatic carbocycles. The number of hydrogen-bond acceptors (Lipinski definition) is 4. The van der Waals surface area contributed by atoms with Crippen molar-refractivity contribution in [1.29, 1.82) is 0 Å². The van der Waals surface area contributed by atoms with Crippen LogP contribution in [0.1, 0.15) is 35.8 Å². The van der Waals surface area contributed by atoms with Gasteiger partial charge in [-0.1, -0.05) is 24.3 Å². The van der Waals surface area contributed by atoms with E-state index in [-0.39, 0.29) is 11.9 Å². The molecule has 0 atom stereocenters. The number of nitrogens with one attached hydrogen (secondary N) is 2. The van der Waals surface area contributed by atoms with E-state index in [0.29, 0.717) is 12.1 Å². The molecule has 6 nitrogen and oxygen atoms in total. The van der Waals surface area contributed by atoms with Crippen molar-refractivity contribution in [3.63, 3.8) is 0 Å². The molecule has 0 aliphatic rings. The van der Waals surface area contributed by atoms with Gasteiger partial charge in [0.05, 0.1) is 22.8 Å². The smallest absolute Gasteiger partial charge is 0.252 e. The first-order valence-corrected chi connectivity index (χ1v) is 8.90. The molecule has 0 aliphatic carbocycles. The Morgan fingerprint density at radius 3 is 2.69 bits per heavy atom. The molecule has 0 bridgehead atoms. The average molecular weight is 351 g/mol. The van der Waals surface area contributed by atoms with Gasteiger partial charge in [-0.2, -0.15) is 5.10 Å². The first kappa shape index (κ1) is 18.1. The van der Waals surface area contributed by atoms with Crippen molar-refractivity contribution in [1.82, 2.24) is 25.4 Å². The Labute approximate surface area is 153 Å². The highest BCUT2D eigenvalue weighted by atomic mass is 16.1. The molecule has 0 fully saturated rings. The summed E-state index contributed by atoms with van der Waals surface area (Å²) in [4.78, 5) is 17.6. The summed E-state index contributed by atoms with van der Waals surface area (Å²) < 4.78 is 1.86. The van der Waals surface area contributed by atoms with Gasteiger partial charge in [0, 0.05) is 24.7 Å². The molecule has 3 aromatic rings. The maximum absolute atomic E-state index is 12.8. The fourth-order valence-corrected chi connectivity index (χ4v) is 2.98. The average Bonchev–Trinajstić information content (AvgIpc) is 3.05. The number of likely N-dealkylation sites (N-methyl/N-ethyl adjacent to an activating group) is 1. The molecule has 6 heteroatoms. The Morgan fingerprint density at radius 2 is 2.00 bits per heavy atom. The quantitative estimate of drug-likeness (QED) is 0.670. The van der Waals surface area contributed by atoms with Gasteiger partial charge in [-0.15, -0.1) is 0 Å². The van der Waals surface area contributed by atoms with Crippen molar-refractivity contribution >= 4 is 16.9 Å². The Hall–Kier alpha value is -2.73. The highest BCUT2D eigenvalue weighted by Gasteiger charge is 2.18. The van der Waals surface area contributed by atoms with E-state index < -0.39 is 0 Å². The van der Waals surface area contributed by atoms with Crippen LogP contribution in [0.3, 0.4) is 0 Å². The number of pyridine rings is 1. The second-order valence-corrected chi connectivity index (χ2v) is 6.65. The molecule has 2 N–H and O–H groups in total. The first-order valence-electron chi connectivity index (χ1n) is 8.90. The normalized spacial score (nSPS) is 11.3. The Balaban J connectivity index is 2.16. The highest BCUT2D eigenvalue weighted by Crippen LogP contribution is 2.28. The van der Waals surface area contributed by atoms with Crippen LogP contribution in [0.5, 0.6) is 0 Å². The number of carbonyl (C=O) groups is 1. The number of nitrogens with zero attached hydrogens (tertiary/aromatic N) is 3. The van der Waals surface area contributed by atoms with E-state index in [1.807, 2.05) is 49.0 Å². The fraction of sp³-hybridized carbons (Fsp3) is 0.350. The molecule has 0 aliphatic heterocycles. The standard InChI is InChI=1S/C20H25N5O/c1-13(2)25-19-17(12-23-25)16(20(26)22-10-9-21-4)11-18(24-19)15-8-6-5-7-14(15)3/h5-8,11-13,21H,9-10H2,1-4H3,(H,22,26). The van der Waals surface area contributed by atoms with Gasteiger partial charge in [0.1, 0.15) is 0 Å². The summed E-state index contributed by atoms with van der Waals surface area (Å²) in [5, 5.41) is 11.2. The van der Waals surface area contributed by atoms with Crippen molar-refractivity contribution < 1.29 is 4.79 Å². The molecule has 0 saturated heterocycles. The minimum Gasteiger partial charge on any atom is -0.351 e. The molecule has 0 spiro atoms. The van der Waals surface area contributed by atoms with Gasteiger partial charge >= 0.3 is 0 Å². The minimum atomic E-state index is -0.106. The molecule has 3 rings (SSSR count). The summed E-state index contributed by atoms with van der Waals surface area (Å²) in [6.07, 6.45) is 1.73. The zero-order valence-corrected chi connectivity index (χ0v) is 15.7. The molecule has 1 amide bonds. The van der Waals surface area contributed by atoms with Crippen molar-refractivity contribution in [3.8, 4) is 11.3 Å². The number of carbonyl (C=O) groups excluding carboxylic acids is 1. The van der Waals surface area contributed by atoms with Crippen LogP contribution in [0.4, 0.5) is 0 Å². The number of fused-ring (bicyclic) bond motifs is 1. The lowest BCUT2D eigenvalue weighted by molar-refractivity contribution is 0.0955. The van der Waals surface area contributed by atoms with Crippen LogP contribution < -0.4 is 10.6 Å². The third-order valence-electron chi connectivity index (χ3n) is 4.38. The van der Waals surface area contributed by atoms with E-state index in [2.05, 4.69) is 29.6 Å². The van der Waals surface area contributed by atoms with Crippen molar-refractivity contribution in [2.24, 2.45) is 0 Å². The molecule has 0 saturated carbocycles. The fourth-order valence-electron chi connectivity index (χ4n) is 2.98. The number of benzene rings is 1. The second-order valence-electron chi connectivity index (χ2n) is 6.65. The van der Waals surface area contributed by atoms with Crippen LogP contribution in [0.25, 0.3) is 22.3 Å². The Morgan fingerprint density at radius 1 is 1.23 bits per heavy atom. The number of aryl methyl sites for hydroxylation is 1. The molecular formula is C20H25N5O. The van der Waals surface area contributed by atoms with Crippen molar-refractivity contribution in [3.05, 3.63) is 47.7 Å².